The lowest BCUT2D eigenvalue weighted by atomic mass is 9.80. The van der Waals surface area contributed by atoms with Crippen LogP contribution in [0.25, 0.3) is 10.6 Å². The molecule has 2 aromatic rings. The van der Waals surface area contributed by atoms with Crippen LogP contribution in [-0.2, 0) is 4.79 Å². The summed E-state index contributed by atoms with van der Waals surface area (Å²) in [6.45, 7) is 2.55. The van der Waals surface area contributed by atoms with Crippen LogP contribution < -0.4 is 10.1 Å². The molecule has 0 saturated heterocycles. The Kier molecular flexibility index (Phi) is 4.80. The Morgan fingerprint density at radius 2 is 2.04 bits per heavy atom. The van der Waals surface area contributed by atoms with Crippen LogP contribution in [0, 0.1) is 5.92 Å². The van der Waals surface area contributed by atoms with E-state index >= 15 is 0 Å². The lowest BCUT2D eigenvalue weighted by molar-refractivity contribution is -0.145. The zero-order chi connectivity index (χ0) is 17.1. The summed E-state index contributed by atoms with van der Waals surface area (Å²) in [6, 6.07) is 7.50. The molecule has 0 aliphatic heterocycles. The van der Waals surface area contributed by atoms with Gasteiger partial charge in [0.15, 0.2) is 0 Å². The molecule has 1 amide bonds. The van der Waals surface area contributed by atoms with Gasteiger partial charge >= 0.3 is 5.97 Å². The Morgan fingerprint density at radius 3 is 2.67 bits per heavy atom. The average molecular weight is 346 g/mol. The normalized spacial score (nSPS) is 19.4. The monoisotopic (exact) mass is 346 g/mol. The number of carbonyl (C=O) groups is 2. The van der Waals surface area contributed by atoms with Crippen LogP contribution in [0.3, 0.4) is 0 Å². The van der Waals surface area contributed by atoms with Crippen molar-refractivity contribution in [3.05, 3.63) is 35.3 Å². The van der Waals surface area contributed by atoms with Crippen LogP contribution in [-0.4, -0.2) is 34.6 Å². The van der Waals surface area contributed by atoms with Crippen LogP contribution in [0.1, 0.15) is 30.3 Å². The number of benzene rings is 1. The van der Waals surface area contributed by atoms with Gasteiger partial charge in [0.25, 0.3) is 5.91 Å². The van der Waals surface area contributed by atoms with E-state index in [1.165, 1.54) is 11.3 Å². The van der Waals surface area contributed by atoms with Gasteiger partial charge in [0, 0.05) is 17.0 Å². The molecule has 24 heavy (non-hydrogen) atoms. The quantitative estimate of drug-likeness (QED) is 0.840. The molecule has 0 radical (unpaired) electrons. The van der Waals surface area contributed by atoms with Crippen molar-refractivity contribution in [3.8, 4) is 16.3 Å². The number of nitrogens with one attached hydrogen (secondary N) is 1. The maximum Gasteiger partial charge on any atom is 0.306 e. The van der Waals surface area contributed by atoms with Crippen molar-refractivity contribution in [2.75, 3.05) is 6.61 Å². The maximum absolute atomic E-state index is 12.2. The molecule has 1 aromatic heterocycles. The van der Waals surface area contributed by atoms with E-state index in [4.69, 9.17) is 9.84 Å². The van der Waals surface area contributed by atoms with Crippen molar-refractivity contribution in [2.45, 2.75) is 25.8 Å². The minimum absolute atomic E-state index is 0.0748. The van der Waals surface area contributed by atoms with Crippen LogP contribution in [0.2, 0.25) is 0 Å². The highest BCUT2D eigenvalue weighted by atomic mass is 32.1. The minimum atomic E-state index is -0.799. The predicted octanol–water partition coefficient (Wildman–Crippen LogP) is 2.80. The lowest BCUT2D eigenvalue weighted by Crippen LogP contribution is -2.46. The number of carbonyl (C=O) groups excluding carboxylic acids is 1. The summed E-state index contributed by atoms with van der Waals surface area (Å²) in [5.74, 6) is -0.594. The summed E-state index contributed by atoms with van der Waals surface area (Å²) in [5, 5.41) is 14.2. The molecule has 0 unspecified atom stereocenters. The SMILES string of the molecule is CCOc1ccc(-c2nc(C(=O)NC3CC(C(=O)O)C3)cs2)cc1. The van der Waals surface area contributed by atoms with Gasteiger partial charge in [-0.05, 0) is 44.0 Å². The smallest absolute Gasteiger partial charge is 0.306 e. The van der Waals surface area contributed by atoms with E-state index < -0.39 is 5.97 Å². The van der Waals surface area contributed by atoms with Crippen LogP contribution in [0.4, 0.5) is 0 Å². The summed E-state index contributed by atoms with van der Waals surface area (Å²) in [5.41, 5.74) is 1.29. The highest BCUT2D eigenvalue weighted by molar-refractivity contribution is 7.13. The minimum Gasteiger partial charge on any atom is -0.494 e. The largest absolute Gasteiger partial charge is 0.494 e. The Balaban J connectivity index is 1.60. The third-order valence-electron chi connectivity index (χ3n) is 3.97. The van der Waals surface area contributed by atoms with Gasteiger partial charge in [0.2, 0.25) is 0 Å². The van der Waals surface area contributed by atoms with Crippen LogP contribution >= 0.6 is 11.3 Å². The molecule has 1 fully saturated rings. The number of thiazole rings is 1. The van der Waals surface area contributed by atoms with Gasteiger partial charge in [-0.2, -0.15) is 0 Å². The molecule has 0 spiro atoms. The molecule has 3 rings (SSSR count). The topological polar surface area (TPSA) is 88.5 Å². The number of carboxylic acid groups (broad SMARTS) is 1. The van der Waals surface area contributed by atoms with E-state index in [2.05, 4.69) is 10.3 Å². The summed E-state index contributed by atoms with van der Waals surface area (Å²) in [4.78, 5) is 27.3. The van der Waals surface area contributed by atoms with E-state index in [1.54, 1.807) is 5.38 Å². The summed E-state index contributed by atoms with van der Waals surface area (Å²) in [6.07, 6.45) is 0.966. The molecule has 2 N–H and O–H groups in total. The fourth-order valence-electron chi connectivity index (χ4n) is 2.57. The third kappa shape index (κ3) is 3.56. The second kappa shape index (κ2) is 7.00. The highest BCUT2D eigenvalue weighted by Gasteiger charge is 2.35. The standard InChI is InChI=1S/C17H18N2O4S/c1-2-23-13-5-3-10(4-6-13)16-19-14(9-24-16)15(20)18-12-7-11(8-12)17(21)22/h3-6,9,11-12H,2,7-8H2,1H3,(H,18,20)(H,21,22). The zero-order valence-electron chi connectivity index (χ0n) is 13.2. The molecule has 1 heterocycles. The first-order valence-corrected chi connectivity index (χ1v) is 8.67. The van der Waals surface area contributed by atoms with Crippen molar-refractivity contribution >= 4 is 23.2 Å². The number of hydrogen-bond donors (Lipinski definition) is 2. The first-order chi connectivity index (χ1) is 11.6. The number of rotatable bonds is 6. The van der Waals surface area contributed by atoms with E-state index in [9.17, 15) is 9.59 Å². The Hall–Kier alpha value is -2.41. The van der Waals surface area contributed by atoms with Crippen molar-refractivity contribution in [1.29, 1.82) is 0 Å². The fourth-order valence-corrected chi connectivity index (χ4v) is 3.37. The first kappa shape index (κ1) is 16.4. The maximum atomic E-state index is 12.2. The van der Waals surface area contributed by atoms with Gasteiger partial charge in [-0.25, -0.2) is 4.98 Å². The highest BCUT2D eigenvalue weighted by Crippen LogP contribution is 2.29. The molecule has 126 valence electrons. The number of ether oxygens (including phenoxy) is 1. The van der Waals surface area contributed by atoms with Crippen molar-refractivity contribution in [1.82, 2.24) is 10.3 Å². The van der Waals surface area contributed by atoms with E-state index in [-0.39, 0.29) is 17.9 Å². The van der Waals surface area contributed by atoms with Crippen molar-refractivity contribution < 1.29 is 19.4 Å². The van der Waals surface area contributed by atoms with E-state index in [0.29, 0.717) is 25.1 Å². The second-order valence-electron chi connectivity index (χ2n) is 5.67. The molecule has 6 nitrogen and oxygen atoms in total. The van der Waals surface area contributed by atoms with Gasteiger partial charge in [0.05, 0.1) is 12.5 Å². The average Bonchev–Trinajstić information content (AvgIpc) is 3.01. The van der Waals surface area contributed by atoms with Gasteiger partial charge in [0.1, 0.15) is 16.5 Å². The molecular formula is C17H18N2O4S. The Labute approximate surface area is 143 Å². The van der Waals surface area contributed by atoms with Gasteiger partial charge in [-0.1, -0.05) is 0 Å². The van der Waals surface area contributed by atoms with Crippen LogP contribution in [0.5, 0.6) is 5.75 Å². The second-order valence-corrected chi connectivity index (χ2v) is 6.53. The number of aliphatic carboxylic acids is 1. The number of hydrogen-bond acceptors (Lipinski definition) is 5. The van der Waals surface area contributed by atoms with E-state index in [1.807, 2.05) is 31.2 Å². The van der Waals surface area contributed by atoms with Crippen molar-refractivity contribution in [3.63, 3.8) is 0 Å². The summed E-state index contributed by atoms with van der Waals surface area (Å²) >= 11 is 1.40. The molecule has 1 saturated carbocycles. The number of nitrogens with zero attached hydrogens (tertiary/aromatic N) is 1. The van der Waals surface area contributed by atoms with Crippen molar-refractivity contribution in [2.24, 2.45) is 5.92 Å². The molecule has 0 atom stereocenters. The third-order valence-corrected chi connectivity index (χ3v) is 4.86. The zero-order valence-corrected chi connectivity index (χ0v) is 14.0. The Bertz CT molecular complexity index is 735. The molecular weight excluding hydrogens is 328 g/mol. The molecule has 1 aromatic carbocycles. The first-order valence-electron chi connectivity index (χ1n) is 7.79. The van der Waals surface area contributed by atoms with Crippen LogP contribution in [0.15, 0.2) is 29.6 Å². The fraction of sp³-hybridized carbons (Fsp3) is 0.353. The molecule has 1 aliphatic rings. The molecule has 7 heteroatoms. The summed E-state index contributed by atoms with van der Waals surface area (Å²) < 4.78 is 5.41. The predicted molar refractivity (Wildman–Crippen MR) is 90.3 cm³/mol. The van der Waals surface area contributed by atoms with Gasteiger partial charge in [-0.3, -0.25) is 9.59 Å². The number of aromatic nitrogens is 1. The lowest BCUT2D eigenvalue weighted by Gasteiger charge is -2.32. The Morgan fingerprint density at radius 1 is 1.33 bits per heavy atom. The molecule has 1 aliphatic carbocycles. The van der Waals surface area contributed by atoms with E-state index in [0.717, 1.165) is 16.3 Å². The molecule has 0 bridgehead atoms. The number of carboxylic acids is 1. The van der Waals surface area contributed by atoms with Gasteiger partial charge in [-0.15, -0.1) is 11.3 Å². The summed E-state index contributed by atoms with van der Waals surface area (Å²) in [7, 11) is 0. The van der Waals surface area contributed by atoms with Gasteiger partial charge < -0.3 is 15.2 Å². The number of amides is 1.